The van der Waals surface area contributed by atoms with E-state index < -0.39 is 0 Å². The molecule has 0 bridgehead atoms. The van der Waals surface area contributed by atoms with Crippen LogP contribution in [0, 0.1) is 0 Å². The lowest BCUT2D eigenvalue weighted by Gasteiger charge is -2.16. The minimum atomic E-state index is 0.0457. The molecule has 1 atom stereocenters. The third-order valence-electron chi connectivity index (χ3n) is 2.17. The van der Waals surface area contributed by atoms with E-state index in [0.29, 0.717) is 13.0 Å². The molecule has 3 N–H and O–H groups in total. The summed E-state index contributed by atoms with van der Waals surface area (Å²) in [6.45, 7) is 2.53. The van der Waals surface area contributed by atoms with Gasteiger partial charge in [0.1, 0.15) is 0 Å². The molecule has 1 unspecified atom stereocenters. The molecule has 1 amide bonds. The average Bonchev–Trinajstić information content (AvgIpc) is 2.70. The van der Waals surface area contributed by atoms with Crippen molar-refractivity contribution in [3.63, 3.8) is 0 Å². The van der Waals surface area contributed by atoms with Gasteiger partial charge in [-0.2, -0.15) is 0 Å². The minimum Gasteiger partial charge on any atom is -0.348 e. The normalized spacial score (nSPS) is 12.4. The highest BCUT2D eigenvalue weighted by Crippen LogP contribution is 2.23. The highest BCUT2D eigenvalue weighted by Gasteiger charge is 2.13. The Kier molecular flexibility index (Phi) is 5.36. The van der Waals surface area contributed by atoms with Crippen molar-refractivity contribution in [3.8, 4) is 0 Å². The minimum absolute atomic E-state index is 0.0457. The number of thiophene rings is 1. The lowest BCUT2D eigenvalue weighted by atomic mass is 10.1. The molecule has 0 saturated carbocycles. The molecule has 0 spiro atoms. The zero-order chi connectivity index (χ0) is 11.1. The molecule has 1 heterocycles. The largest absolute Gasteiger partial charge is 0.348 e. The Hall–Kier alpha value is -0.870. The van der Waals surface area contributed by atoms with Crippen molar-refractivity contribution in [2.75, 3.05) is 6.54 Å². The van der Waals surface area contributed by atoms with Gasteiger partial charge in [-0.25, -0.2) is 0 Å². The van der Waals surface area contributed by atoms with Crippen LogP contribution >= 0.6 is 11.3 Å². The highest BCUT2D eigenvalue weighted by atomic mass is 32.1. The van der Waals surface area contributed by atoms with Gasteiger partial charge in [0.2, 0.25) is 5.91 Å². The molecule has 84 valence electrons. The molecular formula is C11H18N2OS. The van der Waals surface area contributed by atoms with Crippen molar-refractivity contribution in [2.45, 2.75) is 32.2 Å². The summed E-state index contributed by atoms with van der Waals surface area (Å²) in [5.41, 5.74) is 5.34. The SMILES string of the molecule is CCCC(NC(=O)CCN)c1cccs1. The molecule has 0 aliphatic carbocycles. The van der Waals surface area contributed by atoms with Crippen LogP contribution in [-0.4, -0.2) is 12.5 Å². The lowest BCUT2D eigenvalue weighted by molar-refractivity contribution is -0.121. The van der Waals surface area contributed by atoms with Gasteiger partial charge in [-0.05, 0) is 17.9 Å². The summed E-state index contributed by atoms with van der Waals surface area (Å²) < 4.78 is 0. The molecule has 1 aromatic rings. The van der Waals surface area contributed by atoms with Gasteiger partial charge in [-0.1, -0.05) is 19.4 Å². The Bertz CT molecular complexity index is 285. The van der Waals surface area contributed by atoms with Crippen molar-refractivity contribution in [1.82, 2.24) is 5.32 Å². The molecule has 15 heavy (non-hydrogen) atoms. The zero-order valence-electron chi connectivity index (χ0n) is 9.03. The molecule has 1 aromatic heterocycles. The van der Waals surface area contributed by atoms with Crippen LogP contribution in [0.2, 0.25) is 0 Å². The summed E-state index contributed by atoms with van der Waals surface area (Å²) in [6.07, 6.45) is 2.45. The fourth-order valence-corrected chi connectivity index (χ4v) is 2.27. The summed E-state index contributed by atoms with van der Waals surface area (Å²) in [5.74, 6) is 0.0457. The Morgan fingerprint density at radius 1 is 1.67 bits per heavy atom. The molecule has 3 nitrogen and oxygen atoms in total. The summed E-state index contributed by atoms with van der Waals surface area (Å²) in [5, 5.41) is 5.05. The second-order valence-corrected chi connectivity index (χ2v) is 4.44. The Balaban J connectivity index is 2.55. The van der Waals surface area contributed by atoms with Crippen LogP contribution in [0.25, 0.3) is 0 Å². The van der Waals surface area contributed by atoms with Crippen molar-refractivity contribution >= 4 is 17.2 Å². The first-order valence-electron chi connectivity index (χ1n) is 5.30. The van der Waals surface area contributed by atoms with Gasteiger partial charge >= 0.3 is 0 Å². The predicted octanol–water partition coefficient (Wildman–Crippen LogP) is 2.05. The van der Waals surface area contributed by atoms with Crippen molar-refractivity contribution in [1.29, 1.82) is 0 Å². The molecule has 0 aliphatic rings. The Morgan fingerprint density at radius 3 is 3.00 bits per heavy atom. The monoisotopic (exact) mass is 226 g/mol. The molecule has 0 saturated heterocycles. The maximum atomic E-state index is 11.4. The van der Waals surface area contributed by atoms with Crippen LogP contribution in [0.3, 0.4) is 0 Å². The lowest BCUT2D eigenvalue weighted by Crippen LogP contribution is -2.29. The predicted molar refractivity (Wildman–Crippen MR) is 63.8 cm³/mol. The van der Waals surface area contributed by atoms with Gasteiger partial charge in [-0.3, -0.25) is 4.79 Å². The molecule has 0 aliphatic heterocycles. The highest BCUT2D eigenvalue weighted by molar-refractivity contribution is 7.10. The summed E-state index contributed by atoms with van der Waals surface area (Å²) in [6, 6.07) is 4.24. The van der Waals surface area contributed by atoms with Crippen molar-refractivity contribution < 1.29 is 4.79 Å². The zero-order valence-corrected chi connectivity index (χ0v) is 9.85. The first-order valence-corrected chi connectivity index (χ1v) is 6.18. The number of nitrogens with one attached hydrogen (secondary N) is 1. The fourth-order valence-electron chi connectivity index (χ4n) is 1.46. The number of carbonyl (C=O) groups excluding carboxylic acids is 1. The van der Waals surface area contributed by atoms with Crippen molar-refractivity contribution in [3.05, 3.63) is 22.4 Å². The van der Waals surface area contributed by atoms with E-state index in [0.717, 1.165) is 12.8 Å². The van der Waals surface area contributed by atoms with E-state index in [1.807, 2.05) is 11.4 Å². The van der Waals surface area contributed by atoms with Crippen LogP contribution in [-0.2, 0) is 4.79 Å². The number of amides is 1. The van der Waals surface area contributed by atoms with E-state index in [1.54, 1.807) is 11.3 Å². The quantitative estimate of drug-likeness (QED) is 0.780. The van der Waals surface area contributed by atoms with E-state index >= 15 is 0 Å². The third kappa shape index (κ3) is 4.01. The fraction of sp³-hybridized carbons (Fsp3) is 0.545. The Labute approximate surface area is 94.7 Å². The van der Waals surface area contributed by atoms with Gasteiger partial charge in [0.25, 0.3) is 0 Å². The number of rotatable bonds is 6. The number of carbonyl (C=O) groups is 1. The van der Waals surface area contributed by atoms with Gasteiger partial charge < -0.3 is 11.1 Å². The first-order chi connectivity index (χ1) is 7.27. The van der Waals surface area contributed by atoms with E-state index in [9.17, 15) is 4.79 Å². The van der Waals surface area contributed by atoms with Crippen molar-refractivity contribution in [2.24, 2.45) is 5.73 Å². The smallest absolute Gasteiger partial charge is 0.221 e. The topological polar surface area (TPSA) is 55.1 Å². The maximum Gasteiger partial charge on any atom is 0.221 e. The summed E-state index contributed by atoms with van der Waals surface area (Å²) in [7, 11) is 0. The van der Waals surface area contributed by atoms with Gasteiger partial charge in [0, 0.05) is 17.8 Å². The molecule has 0 radical (unpaired) electrons. The maximum absolute atomic E-state index is 11.4. The van der Waals surface area contributed by atoms with E-state index in [4.69, 9.17) is 5.73 Å². The second kappa shape index (κ2) is 6.58. The number of nitrogens with two attached hydrogens (primary N) is 1. The number of hydrogen-bond acceptors (Lipinski definition) is 3. The standard InChI is InChI=1S/C11H18N2OS/c1-2-4-9(10-5-3-8-15-10)13-11(14)6-7-12/h3,5,8-9H,2,4,6-7,12H2,1H3,(H,13,14). The molecule has 0 aromatic carbocycles. The van der Waals surface area contributed by atoms with Crippen LogP contribution in [0.1, 0.15) is 37.1 Å². The van der Waals surface area contributed by atoms with Gasteiger partial charge in [-0.15, -0.1) is 11.3 Å². The summed E-state index contributed by atoms with van der Waals surface area (Å²) in [4.78, 5) is 12.7. The van der Waals surface area contributed by atoms with Crippen LogP contribution in [0.15, 0.2) is 17.5 Å². The number of hydrogen-bond donors (Lipinski definition) is 2. The molecule has 0 fully saturated rings. The summed E-state index contributed by atoms with van der Waals surface area (Å²) >= 11 is 1.69. The first kappa shape index (κ1) is 12.2. The molecule has 1 rings (SSSR count). The third-order valence-corrected chi connectivity index (χ3v) is 3.16. The van der Waals surface area contributed by atoms with E-state index in [1.165, 1.54) is 4.88 Å². The van der Waals surface area contributed by atoms with E-state index in [2.05, 4.69) is 18.3 Å². The van der Waals surface area contributed by atoms with Crippen LogP contribution in [0.5, 0.6) is 0 Å². The second-order valence-electron chi connectivity index (χ2n) is 3.46. The Morgan fingerprint density at radius 2 is 2.47 bits per heavy atom. The average molecular weight is 226 g/mol. The molecule has 4 heteroatoms. The van der Waals surface area contributed by atoms with Crippen LogP contribution < -0.4 is 11.1 Å². The molecular weight excluding hydrogens is 208 g/mol. The van der Waals surface area contributed by atoms with Gasteiger partial charge in [0.15, 0.2) is 0 Å². The van der Waals surface area contributed by atoms with E-state index in [-0.39, 0.29) is 11.9 Å². The van der Waals surface area contributed by atoms with Gasteiger partial charge in [0.05, 0.1) is 6.04 Å². The van der Waals surface area contributed by atoms with Crippen LogP contribution in [0.4, 0.5) is 0 Å².